The maximum absolute atomic E-state index is 14.5. The third-order valence-corrected chi connectivity index (χ3v) is 7.27. The Kier molecular flexibility index (Phi) is 5.75. The molecule has 1 fully saturated rings. The number of aromatic amines is 1. The number of H-pyrrole nitrogens is 1. The summed E-state index contributed by atoms with van der Waals surface area (Å²) in [5, 5.41) is 11.0. The lowest BCUT2D eigenvalue weighted by atomic mass is 9.81. The first-order chi connectivity index (χ1) is 17.2. The number of phenolic OH excluding ortho intramolecular Hbond substituents is 1. The van der Waals surface area contributed by atoms with E-state index in [9.17, 15) is 19.1 Å². The number of phenols is 1. The second-order valence-corrected chi connectivity index (χ2v) is 9.66. The van der Waals surface area contributed by atoms with Crippen LogP contribution >= 0.6 is 0 Å². The van der Waals surface area contributed by atoms with Crippen molar-refractivity contribution in [3.05, 3.63) is 71.7 Å². The first kappa shape index (κ1) is 23.9. The van der Waals surface area contributed by atoms with E-state index in [1.165, 1.54) is 18.1 Å². The number of nitrogens with zero attached hydrogens (tertiary/aromatic N) is 3. The fraction of sp³-hybridized carbons (Fsp3) is 0.333. The van der Waals surface area contributed by atoms with E-state index in [1.54, 1.807) is 42.2 Å². The lowest BCUT2D eigenvalue weighted by Crippen LogP contribution is -2.53. The highest BCUT2D eigenvalue weighted by Crippen LogP contribution is 2.49. The number of nitrogens with one attached hydrogen (secondary N) is 1. The van der Waals surface area contributed by atoms with Gasteiger partial charge in [-0.25, -0.2) is 9.18 Å². The highest BCUT2D eigenvalue weighted by molar-refractivity contribution is 6.08. The molecule has 0 saturated carbocycles. The van der Waals surface area contributed by atoms with Gasteiger partial charge >= 0.3 is 6.03 Å². The van der Waals surface area contributed by atoms with Gasteiger partial charge in [0, 0.05) is 48.7 Å². The number of fused-ring (bicyclic) bond motifs is 4. The van der Waals surface area contributed by atoms with Gasteiger partial charge in [0.2, 0.25) is 0 Å². The predicted molar refractivity (Wildman–Crippen MR) is 134 cm³/mol. The van der Waals surface area contributed by atoms with Crippen molar-refractivity contribution in [1.29, 1.82) is 0 Å². The van der Waals surface area contributed by atoms with Gasteiger partial charge in [-0.2, -0.15) is 0 Å². The van der Waals surface area contributed by atoms with Crippen molar-refractivity contribution >= 4 is 22.8 Å². The van der Waals surface area contributed by atoms with Crippen LogP contribution in [0.1, 0.15) is 29.8 Å². The number of imide groups is 1. The molecule has 188 valence electrons. The molecule has 5 rings (SSSR count). The van der Waals surface area contributed by atoms with Gasteiger partial charge in [0.05, 0.1) is 7.11 Å². The molecule has 0 spiro atoms. The number of amides is 3. The van der Waals surface area contributed by atoms with Crippen LogP contribution in [0.2, 0.25) is 0 Å². The predicted octanol–water partition coefficient (Wildman–Crippen LogP) is 3.81. The van der Waals surface area contributed by atoms with Crippen LogP contribution < -0.4 is 4.74 Å². The van der Waals surface area contributed by atoms with E-state index in [0.717, 1.165) is 10.9 Å². The van der Waals surface area contributed by atoms with Gasteiger partial charge in [-0.15, -0.1) is 6.58 Å². The molecule has 2 aliphatic rings. The smallest absolute Gasteiger partial charge is 0.328 e. The molecule has 0 radical (unpaired) electrons. The number of carbonyl (C=O) groups is 2. The van der Waals surface area contributed by atoms with E-state index in [2.05, 4.69) is 11.6 Å². The number of aromatic hydroxyl groups is 1. The minimum atomic E-state index is -1.16. The summed E-state index contributed by atoms with van der Waals surface area (Å²) in [4.78, 5) is 35.8. The lowest BCUT2D eigenvalue weighted by molar-refractivity contribution is -0.133. The molecule has 1 saturated heterocycles. The average Bonchev–Trinajstić information content (AvgIpc) is 3.27. The Morgan fingerprint density at radius 2 is 2.11 bits per heavy atom. The highest BCUT2D eigenvalue weighted by atomic mass is 19.1. The van der Waals surface area contributed by atoms with Gasteiger partial charge in [0.25, 0.3) is 5.91 Å². The van der Waals surface area contributed by atoms with Gasteiger partial charge in [-0.3, -0.25) is 14.6 Å². The summed E-state index contributed by atoms with van der Waals surface area (Å²) in [7, 11) is 3.31. The Hall–Kier alpha value is -3.85. The second kappa shape index (κ2) is 8.67. The van der Waals surface area contributed by atoms with Crippen molar-refractivity contribution in [3.63, 3.8) is 0 Å². The second-order valence-electron chi connectivity index (χ2n) is 9.66. The van der Waals surface area contributed by atoms with Crippen molar-refractivity contribution in [3.8, 4) is 11.5 Å². The maximum atomic E-state index is 14.5. The highest BCUT2D eigenvalue weighted by Gasteiger charge is 2.60. The Labute approximate surface area is 208 Å². The van der Waals surface area contributed by atoms with E-state index in [-0.39, 0.29) is 30.4 Å². The number of halogens is 1. The van der Waals surface area contributed by atoms with Gasteiger partial charge in [-0.1, -0.05) is 18.2 Å². The van der Waals surface area contributed by atoms with Crippen LogP contribution in [0.5, 0.6) is 11.5 Å². The zero-order valence-electron chi connectivity index (χ0n) is 20.5. The Balaban J connectivity index is 1.66. The fourth-order valence-corrected chi connectivity index (χ4v) is 5.49. The van der Waals surface area contributed by atoms with Gasteiger partial charge in [0.15, 0.2) is 11.6 Å². The maximum Gasteiger partial charge on any atom is 0.328 e. The van der Waals surface area contributed by atoms with Crippen LogP contribution in [0.4, 0.5) is 9.18 Å². The Morgan fingerprint density at radius 1 is 1.33 bits per heavy atom. The SMILES string of the molecule is C=CCN(C)CCN1C(=O)N2[C@H](c3cccc(O)c3)c3[nH]c4cc(F)c(OC)cc4c3C[C@@]2(C)C1=O. The van der Waals surface area contributed by atoms with Crippen LogP contribution in [0.15, 0.2) is 49.1 Å². The van der Waals surface area contributed by atoms with Crippen LogP contribution in [0.3, 0.4) is 0 Å². The zero-order chi connectivity index (χ0) is 25.8. The third kappa shape index (κ3) is 3.53. The molecule has 2 atom stereocenters. The number of hydrogen-bond acceptors (Lipinski definition) is 5. The van der Waals surface area contributed by atoms with Crippen molar-refractivity contribution in [2.45, 2.75) is 24.9 Å². The molecule has 36 heavy (non-hydrogen) atoms. The van der Waals surface area contributed by atoms with Crippen LogP contribution in [-0.2, 0) is 11.2 Å². The summed E-state index contributed by atoms with van der Waals surface area (Å²) in [6.45, 7) is 6.90. The first-order valence-electron chi connectivity index (χ1n) is 11.8. The molecule has 2 aromatic carbocycles. The summed E-state index contributed by atoms with van der Waals surface area (Å²) in [6.07, 6.45) is 2.03. The number of urea groups is 1. The monoisotopic (exact) mass is 492 g/mol. The van der Waals surface area contributed by atoms with Crippen LogP contribution in [0, 0.1) is 5.82 Å². The summed E-state index contributed by atoms with van der Waals surface area (Å²) >= 11 is 0. The van der Waals surface area contributed by atoms with Crippen molar-refractivity contribution in [1.82, 2.24) is 19.7 Å². The average molecular weight is 493 g/mol. The van der Waals surface area contributed by atoms with Crippen LogP contribution in [0.25, 0.3) is 10.9 Å². The molecule has 0 aliphatic carbocycles. The molecular formula is C27H29FN4O4. The number of benzene rings is 2. The molecule has 2 aliphatic heterocycles. The van der Waals surface area contributed by atoms with E-state index in [0.29, 0.717) is 29.9 Å². The summed E-state index contributed by atoms with van der Waals surface area (Å²) in [5.41, 5.74) is 1.55. The number of ether oxygens (including phenoxy) is 1. The number of aromatic nitrogens is 1. The number of rotatable bonds is 7. The van der Waals surface area contributed by atoms with Gasteiger partial charge < -0.3 is 19.7 Å². The topological polar surface area (TPSA) is 89.1 Å². The summed E-state index contributed by atoms with van der Waals surface area (Å²) < 4.78 is 19.7. The molecule has 1 aromatic heterocycles. The minimum Gasteiger partial charge on any atom is -0.508 e. The molecule has 8 nitrogen and oxygen atoms in total. The molecule has 0 unspecified atom stereocenters. The Bertz CT molecular complexity index is 1390. The normalized spacial score (nSPS) is 21.3. The van der Waals surface area contributed by atoms with E-state index in [1.807, 2.05) is 18.0 Å². The van der Waals surface area contributed by atoms with Crippen molar-refractivity contribution in [2.24, 2.45) is 0 Å². The largest absolute Gasteiger partial charge is 0.508 e. The third-order valence-electron chi connectivity index (χ3n) is 7.27. The minimum absolute atomic E-state index is 0.0472. The zero-order valence-corrected chi connectivity index (χ0v) is 20.5. The molecule has 9 heteroatoms. The molecular weight excluding hydrogens is 463 g/mol. The molecule has 3 aromatic rings. The lowest BCUT2D eigenvalue weighted by Gasteiger charge is -2.42. The number of hydrogen-bond donors (Lipinski definition) is 2. The molecule has 3 amide bonds. The van der Waals surface area contributed by atoms with Crippen LogP contribution in [-0.4, -0.2) is 76.1 Å². The molecule has 2 N–H and O–H groups in total. The Morgan fingerprint density at radius 3 is 2.81 bits per heavy atom. The molecule has 3 heterocycles. The van der Waals surface area contributed by atoms with Crippen molar-refractivity contribution < 1.29 is 23.8 Å². The van der Waals surface area contributed by atoms with E-state index < -0.39 is 23.4 Å². The number of methoxy groups -OCH3 is 1. The van der Waals surface area contributed by atoms with E-state index in [4.69, 9.17) is 4.74 Å². The standard InChI is InChI=1S/C27H29FN4O4/c1-5-9-30(3)10-11-31-25(34)27(2)15-19-18-13-22(36-4)20(28)14-21(18)29-23(19)24(32(27)26(31)35)16-7-6-8-17(33)12-16/h5-8,12-14,24,29,33H,1,9-11,15H2,2-4H3/t24-,27+/m1/s1. The molecule has 0 bridgehead atoms. The van der Waals surface area contributed by atoms with Gasteiger partial charge in [-0.05, 0) is 43.3 Å². The first-order valence-corrected chi connectivity index (χ1v) is 11.8. The number of likely N-dealkylation sites (N-methyl/N-ethyl adjacent to an activating group) is 1. The van der Waals surface area contributed by atoms with Crippen molar-refractivity contribution in [2.75, 3.05) is 33.8 Å². The number of carbonyl (C=O) groups excluding carboxylic acids is 2. The van der Waals surface area contributed by atoms with Gasteiger partial charge in [0.1, 0.15) is 17.3 Å². The summed E-state index contributed by atoms with van der Waals surface area (Å²) in [6, 6.07) is 8.57. The fourth-order valence-electron chi connectivity index (χ4n) is 5.49. The summed E-state index contributed by atoms with van der Waals surface area (Å²) in [5.74, 6) is -0.637. The quantitative estimate of drug-likeness (QED) is 0.387. The van der Waals surface area contributed by atoms with E-state index >= 15 is 0 Å².